The molecule has 0 bridgehead atoms. The predicted octanol–water partition coefficient (Wildman–Crippen LogP) is 2.22. The highest BCUT2D eigenvalue weighted by Crippen LogP contribution is 2.31. The Morgan fingerprint density at radius 2 is 1.64 bits per heavy atom. The standard InChI is InChI=1S/C26H31N7O3/c1-18-27-21-4-2-3-5-23(21)33(18)26-28-22-14-20(17-30-15-19(16-30)31-6-10-34-11-7-31)36-24(22)25(29-26)32-8-12-35-13-9-32/h2-5,14,19H,6-13,15-17H2,1H3. The minimum atomic E-state index is 0.617. The molecule has 0 unspecified atom stereocenters. The summed E-state index contributed by atoms with van der Waals surface area (Å²) in [6, 6.07) is 10.8. The quantitative estimate of drug-likeness (QED) is 0.419. The number of furan rings is 1. The van der Waals surface area contributed by atoms with Gasteiger partial charge in [-0.1, -0.05) is 12.1 Å². The molecule has 3 fully saturated rings. The number of likely N-dealkylation sites (tertiary alicyclic amines) is 1. The third-order valence-corrected chi connectivity index (χ3v) is 7.51. The van der Waals surface area contributed by atoms with Gasteiger partial charge in [0.05, 0.1) is 44.0 Å². The van der Waals surface area contributed by atoms with Crippen molar-refractivity contribution in [2.75, 3.05) is 70.6 Å². The van der Waals surface area contributed by atoms with Crippen molar-refractivity contribution >= 4 is 28.0 Å². The molecule has 0 N–H and O–H groups in total. The van der Waals surface area contributed by atoms with Gasteiger partial charge in [0, 0.05) is 51.4 Å². The second-order valence-electron chi connectivity index (χ2n) is 9.85. The maximum atomic E-state index is 6.42. The van der Waals surface area contributed by atoms with Gasteiger partial charge in [-0.2, -0.15) is 4.98 Å². The second-order valence-corrected chi connectivity index (χ2v) is 9.85. The molecular weight excluding hydrogens is 458 g/mol. The fraction of sp³-hybridized carbons (Fsp3) is 0.500. The summed E-state index contributed by atoms with van der Waals surface area (Å²) < 4.78 is 19.6. The highest BCUT2D eigenvalue weighted by atomic mass is 16.5. The van der Waals surface area contributed by atoms with Crippen molar-refractivity contribution < 1.29 is 13.9 Å². The van der Waals surface area contributed by atoms with Crippen molar-refractivity contribution in [1.29, 1.82) is 0 Å². The molecule has 0 spiro atoms. The number of para-hydroxylation sites is 2. The number of aryl methyl sites for hydroxylation is 1. The van der Waals surface area contributed by atoms with E-state index < -0.39 is 0 Å². The highest BCUT2D eigenvalue weighted by molar-refractivity contribution is 5.86. The van der Waals surface area contributed by atoms with Crippen LogP contribution in [0.5, 0.6) is 0 Å². The molecule has 3 aliphatic rings. The largest absolute Gasteiger partial charge is 0.454 e. The van der Waals surface area contributed by atoms with Crippen molar-refractivity contribution in [2.45, 2.75) is 19.5 Å². The Kier molecular flexibility index (Phi) is 5.61. The highest BCUT2D eigenvalue weighted by Gasteiger charge is 2.33. The van der Waals surface area contributed by atoms with Gasteiger partial charge in [-0.25, -0.2) is 9.97 Å². The van der Waals surface area contributed by atoms with E-state index in [-0.39, 0.29) is 0 Å². The smallest absolute Gasteiger partial charge is 0.238 e. The molecule has 0 aliphatic carbocycles. The van der Waals surface area contributed by atoms with Crippen LogP contribution in [-0.4, -0.2) is 101 Å². The lowest BCUT2D eigenvalue weighted by Crippen LogP contribution is -2.60. The SMILES string of the molecule is Cc1nc2ccccc2n1-c1nc(N2CCOCC2)c2oc(CN3CC(N4CCOCC4)C3)cc2n1. The summed E-state index contributed by atoms with van der Waals surface area (Å²) in [6.07, 6.45) is 0. The van der Waals surface area contributed by atoms with Crippen molar-refractivity contribution in [3.63, 3.8) is 0 Å². The molecule has 0 radical (unpaired) electrons. The first-order chi connectivity index (χ1) is 17.7. The van der Waals surface area contributed by atoms with Gasteiger partial charge in [0.25, 0.3) is 0 Å². The molecule has 0 atom stereocenters. The van der Waals surface area contributed by atoms with E-state index in [4.69, 9.17) is 28.8 Å². The lowest BCUT2D eigenvalue weighted by molar-refractivity contribution is -0.0358. The number of hydrogen-bond donors (Lipinski definition) is 0. The number of fused-ring (bicyclic) bond motifs is 2. The number of rotatable bonds is 5. The summed E-state index contributed by atoms with van der Waals surface area (Å²) in [5.74, 6) is 3.25. The number of nitrogens with zero attached hydrogens (tertiary/aromatic N) is 7. The summed E-state index contributed by atoms with van der Waals surface area (Å²) in [5, 5.41) is 0. The maximum Gasteiger partial charge on any atom is 0.238 e. The molecular formula is C26H31N7O3. The van der Waals surface area contributed by atoms with E-state index in [1.165, 1.54) is 0 Å². The second kappa shape index (κ2) is 9.11. The molecule has 4 aromatic rings. The van der Waals surface area contributed by atoms with E-state index in [2.05, 4.69) is 26.8 Å². The van der Waals surface area contributed by atoms with E-state index in [1.807, 2.05) is 29.7 Å². The molecule has 10 heteroatoms. The number of ether oxygens (including phenoxy) is 2. The van der Waals surface area contributed by atoms with Crippen molar-refractivity contribution in [3.05, 3.63) is 41.9 Å². The van der Waals surface area contributed by atoms with Gasteiger partial charge < -0.3 is 18.8 Å². The monoisotopic (exact) mass is 489 g/mol. The van der Waals surface area contributed by atoms with Gasteiger partial charge in [0.1, 0.15) is 17.1 Å². The van der Waals surface area contributed by atoms with Gasteiger partial charge >= 0.3 is 0 Å². The third kappa shape index (κ3) is 3.94. The van der Waals surface area contributed by atoms with Gasteiger partial charge in [-0.15, -0.1) is 0 Å². The van der Waals surface area contributed by atoms with Gasteiger partial charge in [0.15, 0.2) is 11.4 Å². The third-order valence-electron chi connectivity index (χ3n) is 7.51. The fourth-order valence-corrected chi connectivity index (χ4v) is 5.58. The number of hydrogen-bond acceptors (Lipinski definition) is 9. The van der Waals surface area contributed by atoms with Crippen molar-refractivity contribution in [1.82, 2.24) is 29.3 Å². The molecule has 7 rings (SSSR count). The Morgan fingerprint density at radius 1 is 0.889 bits per heavy atom. The van der Waals surface area contributed by atoms with Crippen molar-refractivity contribution in [2.24, 2.45) is 0 Å². The average Bonchev–Trinajstić information content (AvgIpc) is 3.45. The molecule has 3 aliphatic heterocycles. The fourth-order valence-electron chi connectivity index (χ4n) is 5.58. The Labute approximate surface area is 209 Å². The van der Waals surface area contributed by atoms with E-state index in [0.29, 0.717) is 25.2 Å². The van der Waals surface area contributed by atoms with Crippen LogP contribution in [0.2, 0.25) is 0 Å². The van der Waals surface area contributed by atoms with Gasteiger partial charge in [-0.3, -0.25) is 14.4 Å². The Bertz CT molecular complexity index is 1380. The summed E-state index contributed by atoms with van der Waals surface area (Å²) >= 11 is 0. The molecule has 36 heavy (non-hydrogen) atoms. The van der Waals surface area contributed by atoms with E-state index >= 15 is 0 Å². The zero-order valence-corrected chi connectivity index (χ0v) is 20.6. The van der Waals surface area contributed by atoms with Gasteiger partial charge in [0.2, 0.25) is 5.95 Å². The van der Waals surface area contributed by atoms with Crippen LogP contribution in [0, 0.1) is 6.92 Å². The first kappa shape index (κ1) is 22.2. The molecule has 188 valence electrons. The first-order valence-electron chi connectivity index (χ1n) is 12.8. The molecule has 6 heterocycles. The summed E-state index contributed by atoms with van der Waals surface area (Å²) in [6.45, 7) is 11.6. The summed E-state index contributed by atoms with van der Waals surface area (Å²) in [4.78, 5) is 22.0. The van der Waals surface area contributed by atoms with Crippen LogP contribution in [-0.2, 0) is 16.0 Å². The minimum absolute atomic E-state index is 0.617. The Hall–Kier alpha value is -3.05. The Morgan fingerprint density at radius 3 is 2.44 bits per heavy atom. The number of aromatic nitrogens is 4. The lowest BCUT2D eigenvalue weighted by atomic mass is 10.1. The van der Waals surface area contributed by atoms with Crippen LogP contribution in [0.25, 0.3) is 28.1 Å². The lowest BCUT2D eigenvalue weighted by Gasteiger charge is -2.46. The van der Waals surface area contributed by atoms with Crippen LogP contribution in [0.3, 0.4) is 0 Å². The molecule has 1 aromatic carbocycles. The molecule has 0 saturated carbocycles. The molecule has 10 nitrogen and oxygen atoms in total. The van der Waals surface area contributed by atoms with Crippen molar-refractivity contribution in [3.8, 4) is 5.95 Å². The van der Waals surface area contributed by atoms with Crippen LogP contribution < -0.4 is 4.90 Å². The van der Waals surface area contributed by atoms with Crippen LogP contribution in [0.4, 0.5) is 5.82 Å². The zero-order chi connectivity index (χ0) is 24.1. The first-order valence-corrected chi connectivity index (χ1v) is 12.8. The number of morpholine rings is 2. The van der Waals surface area contributed by atoms with Crippen LogP contribution in [0.1, 0.15) is 11.6 Å². The average molecular weight is 490 g/mol. The summed E-state index contributed by atoms with van der Waals surface area (Å²) in [5.41, 5.74) is 3.52. The van der Waals surface area contributed by atoms with Crippen LogP contribution >= 0.6 is 0 Å². The molecule has 3 saturated heterocycles. The number of benzene rings is 1. The molecule has 0 amide bonds. The summed E-state index contributed by atoms with van der Waals surface area (Å²) in [7, 11) is 0. The molecule has 3 aromatic heterocycles. The Balaban J connectivity index is 1.22. The minimum Gasteiger partial charge on any atom is -0.454 e. The predicted molar refractivity (Wildman–Crippen MR) is 136 cm³/mol. The number of anilines is 1. The number of imidazole rings is 1. The maximum absolute atomic E-state index is 6.42. The zero-order valence-electron chi connectivity index (χ0n) is 20.6. The van der Waals surface area contributed by atoms with E-state index in [0.717, 1.165) is 98.6 Å². The topological polar surface area (TPSA) is 84.9 Å². The van der Waals surface area contributed by atoms with E-state index in [1.54, 1.807) is 0 Å². The van der Waals surface area contributed by atoms with Gasteiger partial charge in [-0.05, 0) is 19.1 Å². The van der Waals surface area contributed by atoms with E-state index in [9.17, 15) is 0 Å². The van der Waals surface area contributed by atoms with Crippen LogP contribution in [0.15, 0.2) is 34.7 Å². The normalized spacial score (nSPS) is 20.4.